The van der Waals surface area contributed by atoms with E-state index in [2.05, 4.69) is 0 Å². The van der Waals surface area contributed by atoms with Gasteiger partial charge in [-0.2, -0.15) is 8.42 Å². The number of rotatable bonds is 2. The number of phenols is 2. The third-order valence-corrected chi connectivity index (χ3v) is 5.68. The molecule has 3 aromatic carbocycles. The normalized spacial score (nSPS) is 16.5. The van der Waals surface area contributed by atoms with Gasteiger partial charge in [0.2, 0.25) is 0 Å². The summed E-state index contributed by atoms with van der Waals surface area (Å²) in [7, 11) is -3.95. The molecule has 2 N–H and O–H groups in total. The second-order valence-electron chi connectivity index (χ2n) is 5.81. The molecule has 3 aromatic rings. The van der Waals surface area contributed by atoms with Crippen LogP contribution in [0.3, 0.4) is 0 Å². The molecule has 0 unspecified atom stereocenters. The van der Waals surface area contributed by atoms with E-state index in [1.54, 1.807) is 42.5 Å². The molecule has 0 radical (unpaired) electrons. The van der Waals surface area contributed by atoms with Gasteiger partial charge < -0.3 is 10.2 Å². The van der Waals surface area contributed by atoms with E-state index in [-0.39, 0.29) is 46.0 Å². The molecule has 1 aliphatic rings. The number of phenolic OH excluding ortho intramolecular Hbond substituents is 2. The SMILES string of the molecule is O=S1(=O)OC(c2ccc(O)cc2)(c2ccc(O)cc2)c2ccccc21.[Na+]. The maximum atomic E-state index is 12.6. The van der Waals surface area contributed by atoms with Crippen molar-refractivity contribution in [1.82, 2.24) is 0 Å². The molecule has 0 spiro atoms. The van der Waals surface area contributed by atoms with E-state index >= 15 is 0 Å². The van der Waals surface area contributed by atoms with E-state index in [1.165, 1.54) is 30.3 Å². The monoisotopic (exact) mass is 377 g/mol. The Kier molecular flexibility index (Phi) is 4.90. The van der Waals surface area contributed by atoms with Gasteiger partial charge in [-0.25, -0.2) is 4.18 Å². The van der Waals surface area contributed by atoms with Crippen LogP contribution in [0.15, 0.2) is 77.7 Å². The van der Waals surface area contributed by atoms with Crippen molar-refractivity contribution in [2.45, 2.75) is 10.5 Å². The minimum absolute atomic E-state index is 0. The zero-order valence-electron chi connectivity index (χ0n) is 14.0. The molecule has 1 heterocycles. The van der Waals surface area contributed by atoms with Gasteiger partial charge in [-0.3, -0.25) is 0 Å². The third-order valence-electron chi connectivity index (χ3n) is 4.32. The molecular formula is C19H14NaO5S+. The average molecular weight is 377 g/mol. The summed E-state index contributed by atoms with van der Waals surface area (Å²) in [6.07, 6.45) is 0. The Morgan fingerprint density at radius 3 is 1.69 bits per heavy atom. The average Bonchev–Trinajstić information content (AvgIpc) is 2.85. The van der Waals surface area contributed by atoms with E-state index in [0.717, 1.165) is 0 Å². The van der Waals surface area contributed by atoms with E-state index < -0.39 is 15.7 Å². The van der Waals surface area contributed by atoms with E-state index in [0.29, 0.717) is 16.7 Å². The Bertz CT molecular complexity index is 999. The van der Waals surface area contributed by atoms with Crippen molar-refractivity contribution in [2.24, 2.45) is 0 Å². The molecule has 0 bridgehead atoms. The molecule has 0 amide bonds. The van der Waals surface area contributed by atoms with E-state index in [1.807, 2.05) is 0 Å². The topological polar surface area (TPSA) is 83.8 Å². The number of aromatic hydroxyl groups is 2. The molecule has 0 saturated heterocycles. The van der Waals surface area contributed by atoms with Crippen LogP contribution in [0.5, 0.6) is 11.5 Å². The molecule has 1 aliphatic heterocycles. The van der Waals surface area contributed by atoms with Gasteiger partial charge in [0, 0.05) is 5.56 Å². The number of hydrogen-bond donors (Lipinski definition) is 2. The van der Waals surface area contributed by atoms with Crippen LogP contribution in [0.1, 0.15) is 16.7 Å². The van der Waals surface area contributed by atoms with Crippen molar-refractivity contribution in [3.63, 3.8) is 0 Å². The van der Waals surface area contributed by atoms with Crippen molar-refractivity contribution in [3.05, 3.63) is 89.5 Å². The first-order valence-corrected chi connectivity index (χ1v) is 8.98. The van der Waals surface area contributed by atoms with Crippen LogP contribution < -0.4 is 29.6 Å². The fourth-order valence-electron chi connectivity index (χ4n) is 3.20. The molecule has 7 heteroatoms. The van der Waals surface area contributed by atoms with Crippen molar-refractivity contribution in [3.8, 4) is 11.5 Å². The zero-order valence-corrected chi connectivity index (χ0v) is 16.8. The third kappa shape index (κ3) is 2.84. The van der Waals surface area contributed by atoms with Gasteiger partial charge in [0.05, 0.1) is 0 Å². The molecule has 4 rings (SSSR count). The summed E-state index contributed by atoms with van der Waals surface area (Å²) in [6.45, 7) is 0. The van der Waals surface area contributed by atoms with Crippen molar-refractivity contribution >= 4 is 10.1 Å². The maximum absolute atomic E-state index is 12.6. The predicted molar refractivity (Wildman–Crippen MR) is 90.8 cm³/mol. The number of hydrogen-bond acceptors (Lipinski definition) is 5. The Hall–Kier alpha value is -1.83. The van der Waals surface area contributed by atoms with Gasteiger partial charge >= 0.3 is 29.6 Å². The summed E-state index contributed by atoms with van der Waals surface area (Å²) in [5.74, 6) is 0.137. The van der Waals surface area contributed by atoms with Crippen molar-refractivity contribution < 1.29 is 52.4 Å². The van der Waals surface area contributed by atoms with Crippen molar-refractivity contribution in [2.75, 3.05) is 0 Å². The molecule has 26 heavy (non-hydrogen) atoms. The molecule has 0 fully saturated rings. The second-order valence-corrected chi connectivity index (χ2v) is 7.32. The first-order chi connectivity index (χ1) is 11.9. The van der Waals surface area contributed by atoms with Crippen LogP contribution in [0, 0.1) is 0 Å². The van der Waals surface area contributed by atoms with E-state index in [9.17, 15) is 18.6 Å². The quantitative estimate of drug-likeness (QED) is 0.489. The Balaban J connectivity index is 0.00000196. The summed E-state index contributed by atoms with van der Waals surface area (Å²) < 4.78 is 30.9. The molecule has 0 atom stereocenters. The summed E-state index contributed by atoms with van der Waals surface area (Å²) >= 11 is 0. The second kappa shape index (κ2) is 6.72. The Morgan fingerprint density at radius 1 is 0.731 bits per heavy atom. The summed E-state index contributed by atoms with van der Waals surface area (Å²) in [4.78, 5) is 0.108. The predicted octanol–water partition coefficient (Wildman–Crippen LogP) is 0.113. The fraction of sp³-hybridized carbons (Fsp3) is 0.0526. The van der Waals surface area contributed by atoms with Crippen LogP contribution >= 0.6 is 0 Å². The maximum Gasteiger partial charge on any atom is 1.00 e. The minimum Gasteiger partial charge on any atom is -0.508 e. The Morgan fingerprint density at radius 2 is 1.19 bits per heavy atom. The first-order valence-electron chi connectivity index (χ1n) is 7.58. The molecule has 0 aromatic heterocycles. The van der Waals surface area contributed by atoms with Gasteiger partial charge in [-0.15, -0.1) is 0 Å². The number of benzene rings is 3. The first kappa shape index (κ1) is 18.9. The molecule has 0 saturated carbocycles. The molecule has 126 valence electrons. The van der Waals surface area contributed by atoms with Crippen LogP contribution in [-0.2, 0) is 19.9 Å². The largest absolute Gasteiger partial charge is 1.00 e. The minimum atomic E-state index is -3.95. The van der Waals surface area contributed by atoms with Gasteiger partial charge in [0.15, 0.2) is 5.60 Å². The van der Waals surface area contributed by atoms with Gasteiger partial charge in [0.25, 0.3) is 10.1 Å². The van der Waals surface area contributed by atoms with Crippen LogP contribution in [0.25, 0.3) is 0 Å². The molecular weight excluding hydrogens is 363 g/mol. The summed E-state index contributed by atoms with van der Waals surface area (Å²) in [6, 6.07) is 19.0. The standard InChI is InChI=1S/C19H14O5S.Na/c20-15-9-5-13(6-10-15)19(14-7-11-16(21)12-8-14)17-3-1-2-4-18(17)25(22,23)24-19;/h1-12,20-21H;/q;+1. The van der Waals surface area contributed by atoms with Gasteiger partial charge in [-0.1, -0.05) is 42.5 Å². The van der Waals surface area contributed by atoms with Crippen LogP contribution in [-0.4, -0.2) is 18.6 Å². The Labute approximate surface area is 173 Å². The van der Waals surface area contributed by atoms with Gasteiger partial charge in [0.1, 0.15) is 16.4 Å². The van der Waals surface area contributed by atoms with Gasteiger partial charge in [-0.05, 0) is 41.5 Å². The fourth-order valence-corrected chi connectivity index (χ4v) is 4.62. The van der Waals surface area contributed by atoms with Crippen molar-refractivity contribution in [1.29, 1.82) is 0 Å². The number of fused-ring (bicyclic) bond motifs is 1. The zero-order chi connectivity index (χ0) is 17.7. The molecule has 5 nitrogen and oxygen atoms in total. The van der Waals surface area contributed by atoms with Crippen LogP contribution in [0.4, 0.5) is 0 Å². The summed E-state index contributed by atoms with van der Waals surface area (Å²) in [5.41, 5.74) is 0.233. The molecule has 0 aliphatic carbocycles. The smallest absolute Gasteiger partial charge is 0.508 e. The van der Waals surface area contributed by atoms with E-state index in [4.69, 9.17) is 4.18 Å². The summed E-state index contributed by atoms with van der Waals surface area (Å²) in [5, 5.41) is 19.2. The van der Waals surface area contributed by atoms with Crippen LogP contribution in [0.2, 0.25) is 0 Å².